The van der Waals surface area contributed by atoms with Crippen LogP contribution in [0.2, 0.25) is 0 Å². The predicted octanol–water partition coefficient (Wildman–Crippen LogP) is 3.41. The number of ether oxygens (including phenoxy) is 1. The summed E-state index contributed by atoms with van der Waals surface area (Å²) in [7, 11) is 1.59. The van der Waals surface area contributed by atoms with Crippen LogP contribution in [0.25, 0.3) is 0 Å². The Morgan fingerprint density at radius 1 is 1.27 bits per heavy atom. The smallest absolute Gasteiger partial charge is 0.319 e. The molecule has 26 heavy (non-hydrogen) atoms. The second-order valence-corrected chi connectivity index (χ2v) is 7.33. The van der Waals surface area contributed by atoms with Gasteiger partial charge in [-0.2, -0.15) is 5.10 Å². The summed E-state index contributed by atoms with van der Waals surface area (Å²) in [5, 5.41) is 10.1. The number of anilines is 1. The van der Waals surface area contributed by atoms with E-state index in [0.29, 0.717) is 18.0 Å². The Morgan fingerprint density at radius 3 is 2.58 bits per heavy atom. The monoisotopic (exact) mass is 359 g/mol. The standard InChI is InChI=1S/C19H29N5O2/c1-13-21-14(2)24(23-13)11-7-10-20-18(25)22-16-12-15(19(3,4)5)8-9-17(16)26-6/h8-9,12H,7,10-11H2,1-6H3,(H2,20,22,25). The summed E-state index contributed by atoms with van der Waals surface area (Å²) >= 11 is 0. The highest BCUT2D eigenvalue weighted by Gasteiger charge is 2.17. The van der Waals surface area contributed by atoms with E-state index >= 15 is 0 Å². The maximum atomic E-state index is 12.2. The average Bonchev–Trinajstić information content (AvgIpc) is 2.88. The fourth-order valence-corrected chi connectivity index (χ4v) is 2.64. The minimum atomic E-state index is -0.249. The molecule has 2 N–H and O–H groups in total. The zero-order valence-electron chi connectivity index (χ0n) is 16.5. The van der Waals surface area contributed by atoms with Crippen LogP contribution in [0.4, 0.5) is 10.5 Å². The first-order chi connectivity index (χ1) is 12.2. The lowest BCUT2D eigenvalue weighted by atomic mass is 9.87. The molecule has 2 amide bonds. The van der Waals surface area contributed by atoms with Crippen LogP contribution in [0, 0.1) is 13.8 Å². The minimum absolute atomic E-state index is 0.00698. The molecule has 0 spiro atoms. The van der Waals surface area contributed by atoms with Crippen LogP contribution in [0.1, 0.15) is 44.4 Å². The summed E-state index contributed by atoms with van der Waals surface area (Å²) in [6, 6.07) is 5.61. The van der Waals surface area contributed by atoms with Crippen molar-refractivity contribution in [2.45, 2.75) is 53.0 Å². The molecule has 142 valence electrons. The summed E-state index contributed by atoms with van der Waals surface area (Å²) < 4.78 is 7.20. The van der Waals surface area contributed by atoms with Gasteiger partial charge in [-0.25, -0.2) is 9.78 Å². The molecule has 0 radical (unpaired) electrons. The molecule has 0 saturated carbocycles. The molecule has 0 bridgehead atoms. The number of nitrogens with one attached hydrogen (secondary N) is 2. The fraction of sp³-hybridized carbons (Fsp3) is 0.526. The predicted molar refractivity (Wildman–Crippen MR) is 103 cm³/mol. The third-order valence-electron chi connectivity index (χ3n) is 4.11. The Hall–Kier alpha value is -2.57. The number of benzene rings is 1. The van der Waals surface area contributed by atoms with Gasteiger partial charge in [-0.15, -0.1) is 0 Å². The van der Waals surface area contributed by atoms with Gasteiger partial charge < -0.3 is 15.4 Å². The second-order valence-electron chi connectivity index (χ2n) is 7.33. The Morgan fingerprint density at radius 2 is 2.00 bits per heavy atom. The first kappa shape index (κ1) is 19.8. The fourth-order valence-electron chi connectivity index (χ4n) is 2.64. The van der Waals surface area contributed by atoms with E-state index in [1.165, 1.54) is 0 Å². The van der Waals surface area contributed by atoms with Gasteiger partial charge in [0, 0.05) is 13.1 Å². The molecule has 2 rings (SSSR count). The zero-order valence-corrected chi connectivity index (χ0v) is 16.5. The van der Waals surface area contributed by atoms with E-state index in [2.05, 4.69) is 41.5 Å². The average molecular weight is 359 g/mol. The van der Waals surface area contributed by atoms with Crippen LogP contribution in [0.5, 0.6) is 5.75 Å². The maximum Gasteiger partial charge on any atom is 0.319 e. The van der Waals surface area contributed by atoms with Crippen LogP contribution in [-0.4, -0.2) is 34.5 Å². The number of hydrogen-bond acceptors (Lipinski definition) is 4. The lowest BCUT2D eigenvalue weighted by Gasteiger charge is -2.21. The molecule has 0 aliphatic rings. The van der Waals surface area contributed by atoms with Crippen molar-refractivity contribution < 1.29 is 9.53 Å². The summed E-state index contributed by atoms with van der Waals surface area (Å²) in [5.41, 5.74) is 1.79. The largest absolute Gasteiger partial charge is 0.495 e. The van der Waals surface area contributed by atoms with E-state index in [4.69, 9.17) is 4.74 Å². The molecular weight excluding hydrogens is 330 g/mol. The van der Waals surface area contributed by atoms with Gasteiger partial charge in [-0.3, -0.25) is 4.68 Å². The van der Waals surface area contributed by atoms with Gasteiger partial charge in [0.15, 0.2) is 0 Å². The molecule has 1 aromatic heterocycles. The Balaban J connectivity index is 1.89. The Kier molecular flexibility index (Phi) is 6.23. The van der Waals surface area contributed by atoms with Gasteiger partial charge in [0.2, 0.25) is 0 Å². The van der Waals surface area contributed by atoms with Crippen molar-refractivity contribution in [2.75, 3.05) is 19.0 Å². The van der Waals surface area contributed by atoms with Gasteiger partial charge in [0.25, 0.3) is 0 Å². The first-order valence-electron chi connectivity index (χ1n) is 8.82. The molecule has 0 aliphatic heterocycles. The van der Waals surface area contributed by atoms with Gasteiger partial charge in [-0.1, -0.05) is 26.8 Å². The van der Waals surface area contributed by atoms with Crippen LogP contribution < -0.4 is 15.4 Å². The molecule has 0 aliphatic carbocycles. The molecular formula is C19H29N5O2. The number of aromatic nitrogens is 3. The number of nitrogens with zero attached hydrogens (tertiary/aromatic N) is 3. The summed E-state index contributed by atoms with van der Waals surface area (Å²) in [6.07, 6.45) is 0.774. The van der Waals surface area contributed by atoms with E-state index in [0.717, 1.165) is 30.2 Å². The molecule has 0 atom stereocenters. The number of carbonyl (C=O) groups excluding carboxylic acids is 1. The van der Waals surface area contributed by atoms with Crippen molar-refractivity contribution in [1.29, 1.82) is 0 Å². The SMILES string of the molecule is COc1ccc(C(C)(C)C)cc1NC(=O)NCCCn1nc(C)nc1C. The molecule has 0 saturated heterocycles. The van der Waals surface area contributed by atoms with Gasteiger partial charge in [0.05, 0.1) is 12.8 Å². The van der Waals surface area contributed by atoms with Crippen molar-refractivity contribution in [1.82, 2.24) is 20.1 Å². The normalized spacial score (nSPS) is 11.3. The molecule has 2 aromatic rings. The van der Waals surface area contributed by atoms with Crippen molar-refractivity contribution in [3.63, 3.8) is 0 Å². The quantitative estimate of drug-likeness (QED) is 0.775. The van der Waals surface area contributed by atoms with Crippen LogP contribution in [0.3, 0.4) is 0 Å². The van der Waals surface area contributed by atoms with E-state index in [1.807, 2.05) is 36.7 Å². The van der Waals surface area contributed by atoms with Crippen molar-refractivity contribution >= 4 is 11.7 Å². The number of methoxy groups -OCH3 is 1. The number of aryl methyl sites for hydroxylation is 3. The highest BCUT2D eigenvalue weighted by Crippen LogP contribution is 2.31. The van der Waals surface area contributed by atoms with Gasteiger partial charge in [-0.05, 0) is 43.4 Å². The topological polar surface area (TPSA) is 81.1 Å². The minimum Gasteiger partial charge on any atom is -0.495 e. The first-order valence-corrected chi connectivity index (χ1v) is 8.82. The second kappa shape index (κ2) is 8.21. The van der Waals surface area contributed by atoms with Crippen LogP contribution in [-0.2, 0) is 12.0 Å². The van der Waals surface area contributed by atoms with E-state index < -0.39 is 0 Å². The maximum absolute atomic E-state index is 12.2. The van der Waals surface area contributed by atoms with Crippen LogP contribution in [0.15, 0.2) is 18.2 Å². The van der Waals surface area contributed by atoms with E-state index in [1.54, 1.807) is 7.11 Å². The van der Waals surface area contributed by atoms with Gasteiger partial charge >= 0.3 is 6.03 Å². The number of urea groups is 1. The van der Waals surface area contributed by atoms with E-state index in [-0.39, 0.29) is 11.4 Å². The summed E-state index contributed by atoms with van der Waals surface area (Å²) in [6.45, 7) is 11.5. The lowest BCUT2D eigenvalue weighted by molar-refractivity contribution is 0.251. The third-order valence-corrected chi connectivity index (χ3v) is 4.11. The number of hydrogen-bond donors (Lipinski definition) is 2. The number of amides is 2. The van der Waals surface area contributed by atoms with E-state index in [9.17, 15) is 4.79 Å². The van der Waals surface area contributed by atoms with Crippen LogP contribution >= 0.6 is 0 Å². The zero-order chi connectivity index (χ0) is 19.3. The molecule has 7 heteroatoms. The highest BCUT2D eigenvalue weighted by molar-refractivity contribution is 5.91. The third kappa shape index (κ3) is 5.21. The molecule has 7 nitrogen and oxygen atoms in total. The molecule has 1 aromatic carbocycles. The number of rotatable bonds is 6. The molecule has 1 heterocycles. The Labute approximate surface area is 155 Å². The number of carbonyl (C=O) groups is 1. The summed E-state index contributed by atoms with van der Waals surface area (Å²) in [4.78, 5) is 16.5. The summed E-state index contributed by atoms with van der Waals surface area (Å²) in [5.74, 6) is 2.29. The Bertz CT molecular complexity index is 762. The van der Waals surface area contributed by atoms with Crippen molar-refractivity contribution in [3.05, 3.63) is 35.4 Å². The molecule has 0 fully saturated rings. The van der Waals surface area contributed by atoms with Gasteiger partial charge in [0.1, 0.15) is 17.4 Å². The van der Waals surface area contributed by atoms with Crippen molar-refractivity contribution in [2.24, 2.45) is 0 Å². The lowest BCUT2D eigenvalue weighted by Crippen LogP contribution is -2.30. The highest BCUT2D eigenvalue weighted by atomic mass is 16.5. The van der Waals surface area contributed by atoms with Crippen molar-refractivity contribution in [3.8, 4) is 5.75 Å². The molecule has 0 unspecified atom stereocenters.